The van der Waals surface area contributed by atoms with Crippen LogP contribution in [0.4, 0.5) is 0 Å². The monoisotopic (exact) mass is 233 g/mol. The number of hydrogen-bond donors (Lipinski definition) is 1. The second kappa shape index (κ2) is 4.80. The Kier molecular flexibility index (Phi) is 3.64. The predicted octanol–water partition coefficient (Wildman–Crippen LogP) is 1.03. The van der Waals surface area contributed by atoms with Crippen LogP contribution in [-0.4, -0.2) is 32.9 Å². The van der Waals surface area contributed by atoms with Gasteiger partial charge in [0.15, 0.2) is 0 Å². The van der Waals surface area contributed by atoms with Crippen molar-refractivity contribution in [2.75, 3.05) is 13.2 Å². The van der Waals surface area contributed by atoms with Gasteiger partial charge in [0, 0.05) is 13.2 Å². The van der Waals surface area contributed by atoms with E-state index in [-0.39, 0.29) is 11.4 Å². The lowest BCUT2D eigenvalue weighted by Crippen LogP contribution is -2.37. The average molecular weight is 233 g/mol. The van der Waals surface area contributed by atoms with E-state index in [2.05, 4.69) is 4.72 Å². The van der Waals surface area contributed by atoms with Crippen LogP contribution >= 0.6 is 0 Å². The molecule has 1 atom stereocenters. The number of ether oxygens (including phenoxy) is 1. The van der Waals surface area contributed by atoms with Crippen LogP contribution in [0.3, 0.4) is 0 Å². The van der Waals surface area contributed by atoms with Crippen molar-refractivity contribution in [3.8, 4) is 0 Å². The Bertz CT molecular complexity index is 290. The van der Waals surface area contributed by atoms with Crippen molar-refractivity contribution in [1.29, 1.82) is 0 Å². The first-order chi connectivity index (χ1) is 7.18. The van der Waals surface area contributed by atoms with Crippen LogP contribution in [0.15, 0.2) is 0 Å². The lowest BCUT2D eigenvalue weighted by atomic mass is 10.2. The molecule has 1 saturated heterocycles. The molecule has 88 valence electrons. The summed E-state index contributed by atoms with van der Waals surface area (Å²) in [5.41, 5.74) is 0. The Morgan fingerprint density at radius 2 is 1.87 bits per heavy atom. The van der Waals surface area contributed by atoms with Gasteiger partial charge in [-0.2, -0.15) is 0 Å². The van der Waals surface area contributed by atoms with Gasteiger partial charge in [0.1, 0.15) is 0 Å². The number of rotatable bonds is 4. The van der Waals surface area contributed by atoms with Crippen LogP contribution in [0.1, 0.15) is 38.5 Å². The third-order valence-corrected chi connectivity index (χ3v) is 5.20. The molecule has 1 N–H and O–H groups in total. The van der Waals surface area contributed by atoms with Gasteiger partial charge in [0.25, 0.3) is 0 Å². The largest absolute Gasteiger partial charge is 0.377 e. The molecule has 5 heteroatoms. The zero-order valence-corrected chi connectivity index (χ0v) is 9.76. The van der Waals surface area contributed by atoms with Gasteiger partial charge in [-0.3, -0.25) is 0 Å². The molecule has 1 unspecified atom stereocenters. The van der Waals surface area contributed by atoms with E-state index in [4.69, 9.17) is 4.74 Å². The van der Waals surface area contributed by atoms with Gasteiger partial charge in [-0.15, -0.1) is 0 Å². The second-order valence-electron chi connectivity index (χ2n) is 4.43. The molecule has 0 aromatic heterocycles. The number of hydrogen-bond acceptors (Lipinski definition) is 3. The summed E-state index contributed by atoms with van der Waals surface area (Å²) in [5, 5.41) is -0.154. The van der Waals surface area contributed by atoms with Crippen LogP contribution in [-0.2, 0) is 14.8 Å². The van der Waals surface area contributed by atoms with Crippen molar-refractivity contribution in [2.45, 2.75) is 49.9 Å². The summed E-state index contributed by atoms with van der Waals surface area (Å²) in [7, 11) is -3.08. The smallest absolute Gasteiger partial charge is 0.214 e. The van der Waals surface area contributed by atoms with E-state index < -0.39 is 10.0 Å². The Morgan fingerprint density at radius 3 is 2.47 bits per heavy atom. The third kappa shape index (κ3) is 2.92. The summed E-state index contributed by atoms with van der Waals surface area (Å²) in [6, 6.07) is 0. The molecule has 2 fully saturated rings. The SMILES string of the molecule is O=S(=O)(NCC1CCCO1)C1CCCC1. The quantitative estimate of drug-likeness (QED) is 0.789. The van der Waals surface area contributed by atoms with Crippen molar-refractivity contribution in [3.63, 3.8) is 0 Å². The maximum absolute atomic E-state index is 11.8. The minimum Gasteiger partial charge on any atom is -0.377 e. The molecule has 1 aliphatic heterocycles. The van der Waals surface area contributed by atoms with Crippen molar-refractivity contribution in [2.24, 2.45) is 0 Å². The molecule has 0 bridgehead atoms. The van der Waals surface area contributed by atoms with Crippen molar-refractivity contribution in [1.82, 2.24) is 4.72 Å². The molecule has 2 aliphatic rings. The summed E-state index contributed by atoms with van der Waals surface area (Å²) >= 11 is 0. The molecule has 2 rings (SSSR count). The highest BCUT2D eigenvalue weighted by Gasteiger charge is 2.29. The van der Waals surface area contributed by atoms with Gasteiger partial charge in [0.2, 0.25) is 10.0 Å². The minimum absolute atomic E-state index is 0.0983. The molecule has 4 nitrogen and oxygen atoms in total. The Labute approximate surface area is 91.4 Å². The van der Waals surface area contributed by atoms with E-state index in [1.165, 1.54) is 0 Å². The number of nitrogens with one attached hydrogen (secondary N) is 1. The van der Waals surface area contributed by atoms with E-state index in [9.17, 15) is 8.42 Å². The maximum Gasteiger partial charge on any atom is 0.214 e. The molecule has 0 amide bonds. The molecule has 1 saturated carbocycles. The van der Waals surface area contributed by atoms with Gasteiger partial charge in [-0.05, 0) is 25.7 Å². The number of sulfonamides is 1. The van der Waals surface area contributed by atoms with Crippen molar-refractivity contribution >= 4 is 10.0 Å². The molecule has 1 aliphatic carbocycles. The fourth-order valence-electron chi connectivity index (χ4n) is 2.33. The second-order valence-corrected chi connectivity index (χ2v) is 6.48. The standard InChI is InChI=1S/C10H19NO3S/c12-15(13,10-5-1-2-6-10)11-8-9-4-3-7-14-9/h9-11H,1-8H2. The zero-order chi connectivity index (χ0) is 10.7. The maximum atomic E-state index is 11.8. The van der Waals surface area contributed by atoms with Crippen LogP contribution in [0, 0.1) is 0 Å². The Morgan fingerprint density at radius 1 is 1.13 bits per heavy atom. The first-order valence-electron chi connectivity index (χ1n) is 5.78. The topological polar surface area (TPSA) is 55.4 Å². The van der Waals surface area contributed by atoms with E-state index in [0.29, 0.717) is 6.54 Å². The van der Waals surface area contributed by atoms with E-state index >= 15 is 0 Å². The first-order valence-corrected chi connectivity index (χ1v) is 7.33. The van der Waals surface area contributed by atoms with Crippen LogP contribution < -0.4 is 4.72 Å². The molecule has 0 aromatic rings. The zero-order valence-electron chi connectivity index (χ0n) is 8.94. The minimum atomic E-state index is -3.08. The van der Waals surface area contributed by atoms with Gasteiger partial charge < -0.3 is 4.74 Å². The van der Waals surface area contributed by atoms with Crippen LogP contribution in [0.5, 0.6) is 0 Å². The molecule has 1 heterocycles. The molecular formula is C10H19NO3S. The lowest BCUT2D eigenvalue weighted by Gasteiger charge is -2.15. The van der Waals surface area contributed by atoms with Crippen LogP contribution in [0.25, 0.3) is 0 Å². The van der Waals surface area contributed by atoms with Gasteiger partial charge in [0.05, 0.1) is 11.4 Å². The molecule has 15 heavy (non-hydrogen) atoms. The highest BCUT2D eigenvalue weighted by molar-refractivity contribution is 7.90. The van der Waals surface area contributed by atoms with Crippen LogP contribution in [0.2, 0.25) is 0 Å². The summed E-state index contributed by atoms with van der Waals surface area (Å²) < 4.78 is 31.7. The first kappa shape index (κ1) is 11.4. The predicted molar refractivity (Wildman–Crippen MR) is 58.2 cm³/mol. The van der Waals surface area contributed by atoms with E-state index in [1.807, 2.05) is 0 Å². The van der Waals surface area contributed by atoms with E-state index in [1.54, 1.807) is 0 Å². The molecule has 0 radical (unpaired) electrons. The highest BCUT2D eigenvalue weighted by Crippen LogP contribution is 2.24. The third-order valence-electron chi connectivity index (χ3n) is 3.28. The van der Waals surface area contributed by atoms with Gasteiger partial charge in [-0.1, -0.05) is 12.8 Å². The summed E-state index contributed by atoms with van der Waals surface area (Å²) in [4.78, 5) is 0. The lowest BCUT2D eigenvalue weighted by molar-refractivity contribution is 0.114. The van der Waals surface area contributed by atoms with Crippen molar-refractivity contribution in [3.05, 3.63) is 0 Å². The molecular weight excluding hydrogens is 214 g/mol. The van der Waals surface area contributed by atoms with E-state index in [0.717, 1.165) is 45.1 Å². The molecule has 0 aromatic carbocycles. The van der Waals surface area contributed by atoms with Crippen molar-refractivity contribution < 1.29 is 13.2 Å². The average Bonchev–Trinajstić information content (AvgIpc) is 2.88. The highest BCUT2D eigenvalue weighted by atomic mass is 32.2. The normalized spacial score (nSPS) is 28.7. The van der Waals surface area contributed by atoms with Gasteiger partial charge in [-0.25, -0.2) is 13.1 Å². The summed E-state index contributed by atoms with van der Waals surface area (Å²) in [6.45, 7) is 1.23. The fraction of sp³-hybridized carbons (Fsp3) is 1.00. The Balaban J connectivity index is 1.81. The van der Waals surface area contributed by atoms with Gasteiger partial charge >= 0.3 is 0 Å². The molecule has 0 spiro atoms. The summed E-state index contributed by atoms with van der Waals surface area (Å²) in [6.07, 6.45) is 5.86. The fourth-order valence-corrected chi connectivity index (χ4v) is 3.94. The summed E-state index contributed by atoms with van der Waals surface area (Å²) in [5.74, 6) is 0. The Hall–Kier alpha value is -0.130.